The fourth-order valence-electron chi connectivity index (χ4n) is 5.63. The van der Waals surface area contributed by atoms with E-state index in [0.717, 1.165) is 24.8 Å². The number of ether oxygens (including phenoxy) is 2. The number of esters is 2. The minimum atomic E-state index is -2.00. The lowest BCUT2D eigenvalue weighted by molar-refractivity contribution is -0.171. The standard InChI is InChI=1S/C31H56O6Si/c1-12-31(8,9)29(34)36-26(17-20(2)3)28-24(21(4)13-16-25(28)32)15-14-22-18-23(19-27(33)35-22)37-38(10,11)30(5,6)7/h21-26,28,32H,2,12-19H2,1,3-11H3/t21-,22+,23+,24-,25+,26-,28?/m0/s1. The van der Waals surface area contributed by atoms with Gasteiger partial charge in [-0.2, -0.15) is 0 Å². The van der Waals surface area contributed by atoms with Crippen LogP contribution < -0.4 is 0 Å². The van der Waals surface area contributed by atoms with Crippen molar-refractivity contribution >= 4 is 20.3 Å². The van der Waals surface area contributed by atoms with Gasteiger partial charge in [0, 0.05) is 18.8 Å². The van der Waals surface area contributed by atoms with E-state index in [4.69, 9.17) is 13.9 Å². The predicted molar refractivity (Wildman–Crippen MR) is 155 cm³/mol. The molecule has 7 atom stereocenters. The molecule has 6 nitrogen and oxygen atoms in total. The van der Waals surface area contributed by atoms with Crippen LogP contribution in [-0.4, -0.2) is 49.8 Å². The average molecular weight is 553 g/mol. The quantitative estimate of drug-likeness (QED) is 0.166. The van der Waals surface area contributed by atoms with Crippen molar-refractivity contribution < 1.29 is 28.6 Å². The molecule has 2 fully saturated rings. The number of aliphatic hydroxyl groups is 1. The smallest absolute Gasteiger partial charge is 0.311 e. The third kappa shape index (κ3) is 8.66. The number of carbonyl (C=O) groups is 2. The molecular weight excluding hydrogens is 496 g/mol. The molecule has 1 saturated heterocycles. The van der Waals surface area contributed by atoms with Crippen molar-refractivity contribution in [3.8, 4) is 0 Å². The maximum atomic E-state index is 13.1. The molecule has 2 aliphatic rings. The summed E-state index contributed by atoms with van der Waals surface area (Å²) in [5.41, 5.74) is 0.358. The highest BCUT2D eigenvalue weighted by Crippen LogP contribution is 2.44. The summed E-state index contributed by atoms with van der Waals surface area (Å²) in [6.45, 7) is 25.2. The number of cyclic esters (lactones) is 1. The van der Waals surface area contributed by atoms with Crippen molar-refractivity contribution in [3.05, 3.63) is 12.2 Å². The highest BCUT2D eigenvalue weighted by atomic mass is 28.4. The summed E-state index contributed by atoms with van der Waals surface area (Å²) in [4.78, 5) is 25.6. The third-order valence-electron chi connectivity index (χ3n) is 9.57. The van der Waals surface area contributed by atoms with Crippen LogP contribution in [-0.2, 0) is 23.5 Å². The molecule has 1 unspecified atom stereocenters. The maximum Gasteiger partial charge on any atom is 0.311 e. The van der Waals surface area contributed by atoms with Gasteiger partial charge in [0.15, 0.2) is 8.32 Å². The second-order valence-corrected chi connectivity index (χ2v) is 19.1. The van der Waals surface area contributed by atoms with E-state index in [9.17, 15) is 14.7 Å². The summed E-state index contributed by atoms with van der Waals surface area (Å²) >= 11 is 0. The molecule has 220 valence electrons. The first-order valence-electron chi connectivity index (χ1n) is 14.8. The maximum absolute atomic E-state index is 13.1. The van der Waals surface area contributed by atoms with Crippen molar-refractivity contribution in [3.63, 3.8) is 0 Å². The molecule has 0 radical (unpaired) electrons. The third-order valence-corrected chi connectivity index (χ3v) is 14.1. The first-order chi connectivity index (χ1) is 17.4. The van der Waals surface area contributed by atoms with E-state index >= 15 is 0 Å². The van der Waals surface area contributed by atoms with Gasteiger partial charge in [0.2, 0.25) is 0 Å². The molecule has 38 heavy (non-hydrogen) atoms. The molecule has 7 heteroatoms. The summed E-state index contributed by atoms with van der Waals surface area (Å²) < 4.78 is 18.5. The Hall–Kier alpha value is -1.18. The highest BCUT2D eigenvalue weighted by molar-refractivity contribution is 6.74. The zero-order valence-corrected chi connectivity index (χ0v) is 26.9. The van der Waals surface area contributed by atoms with Crippen LogP contribution in [0.4, 0.5) is 0 Å². The Morgan fingerprint density at radius 3 is 2.37 bits per heavy atom. The summed E-state index contributed by atoms with van der Waals surface area (Å²) in [5.74, 6) is -0.0597. The van der Waals surface area contributed by atoms with E-state index in [-0.39, 0.29) is 41.0 Å². The molecule has 1 heterocycles. The zero-order chi connectivity index (χ0) is 29.1. The van der Waals surface area contributed by atoms with Gasteiger partial charge < -0.3 is 19.0 Å². The molecule has 1 aliphatic heterocycles. The molecule has 1 saturated carbocycles. The Morgan fingerprint density at radius 2 is 1.82 bits per heavy atom. The van der Waals surface area contributed by atoms with Crippen molar-refractivity contribution in [1.82, 2.24) is 0 Å². The average Bonchev–Trinajstić information content (AvgIpc) is 2.77. The summed E-state index contributed by atoms with van der Waals surface area (Å²) in [6.07, 6.45) is 4.13. The van der Waals surface area contributed by atoms with Crippen molar-refractivity contribution in [2.24, 2.45) is 23.2 Å². The van der Waals surface area contributed by atoms with Crippen LogP contribution in [0.25, 0.3) is 0 Å². The summed E-state index contributed by atoms with van der Waals surface area (Å²) in [6, 6.07) is 0. The number of rotatable bonds is 11. The second kappa shape index (κ2) is 13.0. The largest absolute Gasteiger partial charge is 0.462 e. The normalized spacial score (nSPS) is 29.9. The van der Waals surface area contributed by atoms with Gasteiger partial charge in [-0.1, -0.05) is 40.2 Å². The monoisotopic (exact) mass is 552 g/mol. The molecule has 0 bridgehead atoms. The molecule has 1 aliphatic carbocycles. The first-order valence-corrected chi connectivity index (χ1v) is 17.7. The fraction of sp³-hybridized carbons (Fsp3) is 0.871. The van der Waals surface area contributed by atoms with E-state index < -0.39 is 25.9 Å². The number of hydrogen-bond acceptors (Lipinski definition) is 6. The number of aliphatic hydroxyl groups excluding tert-OH is 1. The SMILES string of the molecule is C=C(C)C[C@H](OC(=O)C(C)(C)CC)C1[C@H](O)CC[C@H](C)[C@@H]1CC[C@@H]1C[C@@H](O[Si](C)(C)C(C)(C)C)CC(=O)O1. The molecule has 0 aromatic carbocycles. The van der Waals surface area contributed by atoms with E-state index in [1.54, 1.807) is 0 Å². The van der Waals surface area contributed by atoms with E-state index in [0.29, 0.717) is 38.0 Å². The van der Waals surface area contributed by atoms with Gasteiger partial charge in [0.05, 0.1) is 24.0 Å². The Kier molecular flexibility index (Phi) is 11.3. The van der Waals surface area contributed by atoms with Gasteiger partial charge >= 0.3 is 11.9 Å². The van der Waals surface area contributed by atoms with Crippen LogP contribution in [0.5, 0.6) is 0 Å². The zero-order valence-electron chi connectivity index (χ0n) is 25.9. The fourth-order valence-corrected chi connectivity index (χ4v) is 7.00. The predicted octanol–water partition coefficient (Wildman–Crippen LogP) is 7.20. The van der Waals surface area contributed by atoms with Gasteiger partial charge in [0.25, 0.3) is 0 Å². The lowest BCUT2D eigenvalue weighted by Crippen LogP contribution is -2.48. The van der Waals surface area contributed by atoms with Crippen LogP contribution >= 0.6 is 0 Å². The van der Waals surface area contributed by atoms with Gasteiger partial charge in [-0.3, -0.25) is 9.59 Å². The minimum absolute atomic E-state index is 0.0762. The molecular formula is C31H56O6Si. The Bertz CT molecular complexity index is 829. The van der Waals surface area contributed by atoms with E-state index in [2.05, 4.69) is 47.4 Å². The van der Waals surface area contributed by atoms with E-state index in [1.807, 2.05) is 27.7 Å². The van der Waals surface area contributed by atoms with Gasteiger partial charge in [-0.25, -0.2) is 0 Å². The topological polar surface area (TPSA) is 82.1 Å². The molecule has 0 aromatic rings. The molecule has 2 rings (SSSR count). The lowest BCUT2D eigenvalue weighted by atomic mass is 9.66. The van der Waals surface area contributed by atoms with Gasteiger partial charge in [-0.05, 0) is 82.8 Å². The highest BCUT2D eigenvalue weighted by Gasteiger charge is 2.45. The van der Waals surface area contributed by atoms with Crippen LogP contribution in [0.1, 0.15) is 107 Å². The lowest BCUT2D eigenvalue weighted by Gasteiger charge is -2.45. The van der Waals surface area contributed by atoms with Crippen LogP contribution in [0.15, 0.2) is 12.2 Å². The van der Waals surface area contributed by atoms with Crippen molar-refractivity contribution in [2.75, 3.05) is 0 Å². The minimum Gasteiger partial charge on any atom is -0.462 e. The molecule has 0 amide bonds. The van der Waals surface area contributed by atoms with Crippen molar-refractivity contribution in [2.45, 2.75) is 149 Å². The van der Waals surface area contributed by atoms with E-state index in [1.165, 1.54) is 0 Å². The van der Waals surface area contributed by atoms with Gasteiger partial charge in [-0.15, -0.1) is 6.58 Å². The Labute approximate surface area is 233 Å². The Balaban J connectivity index is 2.19. The number of carbonyl (C=O) groups excluding carboxylic acids is 2. The summed E-state index contributed by atoms with van der Waals surface area (Å²) in [7, 11) is -2.00. The second-order valence-electron chi connectivity index (χ2n) is 14.3. The number of hydrogen-bond donors (Lipinski definition) is 1. The van der Waals surface area contributed by atoms with Crippen LogP contribution in [0, 0.1) is 23.2 Å². The van der Waals surface area contributed by atoms with Crippen LogP contribution in [0.2, 0.25) is 18.1 Å². The van der Waals surface area contributed by atoms with Crippen LogP contribution in [0.3, 0.4) is 0 Å². The summed E-state index contributed by atoms with van der Waals surface area (Å²) in [5, 5.41) is 11.3. The molecule has 0 aromatic heterocycles. The van der Waals surface area contributed by atoms with Gasteiger partial charge in [0.1, 0.15) is 12.2 Å². The molecule has 0 spiro atoms. The first kappa shape index (κ1) is 33.0. The van der Waals surface area contributed by atoms with Crippen molar-refractivity contribution in [1.29, 1.82) is 0 Å². The Morgan fingerprint density at radius 1 is 1.18 bits per heavy atom. The molecule has 1 N–H and O–H groups in total.